The van der Waals surface area contributed by atoms with E-state index in [9.17, 15) is 0 Å². The van der Waals surface area contributed by atoms with Crippen molar-refractivity contribution >= 4 is 17.5 Å². The Morgan fingerprint density at radius 3 is 1.90 bits per heavy atom. The number of unbranched alkanes of at least 4 members (excludes halogenated alkanes) is 2. The molecule has 0 saturated carbocycles. The van der Waals surface area contributed by atoms with Gasteiger partial charge < -0.3 is 4.90 Å². The molecule has 218 valence electrons. The molecule has 1 unspecified atom stereocenters. The van der Waals surface area contributed by atoms with Gasteiger partial charge in [0.15, 0.2) is 0 Å². The fourth-order valence-electron chi connectivity index (χ4n) is 4.82. The first-order valence-electron chi connectivity index (χ1n) is 15.0. The van der Waals surface area contributed by atoms with Crippen LogP contribution in [0.4, 0.5) is 0 Å². The lowest BCUT2D eigenvalue weighted by Gasteiger charge is -2.45. The van der Waals surface area contributed by atoms with Crippen LogP contribution in [-0.4, -0.2) is 35.5 Å². The highest BCUT2D eigenvalue weighted by molar-refractivity contribution is 7.99. The molecule has 3 aliphatic rings. The number of fused-ring (bicyclic) bond motifs is 2. The number of benzene rings is 3. The van der Waals surface area contributed by atoms with Crippen molar-refractivity contribution in [2.45, 2.75) is 70.0 Å². The predicted molar refractivity (Wildman–Crippen MR) is 184 cm³/mol. The van der Waals surface area contributed by atoms with E-state index in [2.05, 4.69) is 105 Å². The van der Waals surface area contributed by atoms with Crippen LogP contribution in [0.3, 0.4) is 0 Å². The number of terminal acetylenes is 1. The molecule has 3 aliphatic heterocycles. The van der Waals surface area contributed by atoms with Crippen LogP contribution in [0.5, 0.6) is 0 Å². The lowest BCUT2D eigenvalue weighted by atomic mass is 10.1. The van der Waals surface area contributed by atoms with Gasteiger partial charge in [-0.2, -0.15) is 0 Å². The van der Waals surface area contributed by atoms with Gasteiger partial charge >= 0.3 is 0 Å². The molecule has 3 heterocycles. The summed E-state index contributed by atoms with van der Waals surface area (Å²) in [5.74, 6) is 1.15. The van der Waals surface area contributed by atoms with Crippen LogP contribution in [-0.2, 0) is 12.3 Å². The molecule has 0 amide bonds. The maximum atomic E-state index is 4.27. The van der Waals surface area contributed by atoms with Gasteiger partial charge in [-0.1, -0.05) is 138 Å². The summed E-state index contributed by atoms with van der Waals surface area (Å²) in [5.41, 5.74) is 6.94. The van der Waals surface area contributed by atoms with Crippen molar-refractivity contribution in [1.82, 2.24) is 9.80 Å². The standard InChI is InChI=1S/C16H22N2.C10H10S.C6H6.C4H10.C2H2/c1-3-4-9-17-11-15(12-17)18-10-14-7-5-6-8-16(14)13(18)2;1-2-10-9-6-4-3-5-8(9)7-11-10;1-2-4-6-5-3-1;1-3-4-2;1-2/h5-8,15H,2-4,9-12H2,1H3;2-6,10H,1,7H2;1-6H;3-4H2,1-2H3;1-2H. The van der Waals surface area contributed by atoms with Crippen molar-refractivity contribution in [3.63, 3.8) is 0 Å². The Kier molecular flexibility index (Phi) is 16.4. The second-order valence-corrected chi connectivity index (χ2v) is 11.4. The molecule has 3 heteroatoms. The van der Waals surface area contributed by atoms with Crippen LogP contribution in [0, 0.1) is 12.8 Å². The zero-order valence-corrected chi connectivity index (χ0v) is 26.4. The Balaban J connectivity index is 0.000000217. The van der Waals surface area contributed by atoms with Gasteiger partial charge in [0.05, 0.1) is 6.04 Å². The van der Waals surface area contributed by atoms with Crippen LogP contribution in [0.25, 0.3) is 5.70 Å². The number of hydrogen-bond acceptors (Lipinski definition) is 3. The van der Waals surface area contributed by atoms with Gasteiger partial charge in [-0.05, 0) is 29.7 Å². The summed E-state index contributed by atoms with van der Waals surface area (Å²) in [6, 6.07) is 30.0. The average Bonchev–Trinajstić information content (AvgIpc) is 3.60. The predicted octanol–water partition coefficient (Wildman–Crippen LogP) is 9.86. The van der Waals surface area contributed by atoms with E-state index in [0.29, 0.717) is 11.3 Å². The first kappa shape index (κ1) is 34.0. The lowest BCUT2D eigenvalue weighted by Crippen LogP contribution is -2.57. The maximum absolute atomic E-state index is 4.27. The van der Waals surface area contributed by atoms with Crippen LogP contribution in [0.1, 0.15) is 74.0 Å². The molecule has 2 nitrogen and oxygen atoms in total. The number of likely N-dealkylation sites (tertiary alicyclic amines) is 1. The Labute approximate surface area is 255 Å². The van der Waals surface area contributed by atoms with Crippen molar-refractivity contribution < 1.29 is 0 Å². The third-order valence-corrected chi connectivity index (χ3v) is 8.67. The van der Waals surface area contributed by atoms with Crippen LogP contribution in [0.15, 0.2) is 104 Å². The SMILES string of the molecule is C#C.C=C1c2ccccc2CN1C1CN(CCCC)C1.C=CC1SCc2ccccc21.CCCC.c1ccccc1. The quantitative estimate of drug-likeness (QED) is 0.217. The lowest BCUT2D eigenvalue weighted by molar-refractivity contribution is 0.0661. The number of thioether (sulfide) groups is 1. The fourth-order valence-corrected chi connectivity index (χ4v) is 5.99. The second-order valence-electron chi connectivity index (χ2n) is 10.3. The van der Waals surface area contributed by atoms with Crippen molar-refractivity contribution in [2.75, 3.05) is 19.6 Å². The van der Waals surface area contributed by atoms with Crippen molar-refractivity contribution in [3.8, 4) is 12.8 Å². The maximum Gasteiger partial charge on any atom is 0.0547 e. The summed E-state index contributed by atoms with van der Waals surface area (Å²) < 4.78 is 0. The van der Waals surface area contributed by atoms with Crippen molar-refractivity contribution in [1.29, 1.82) is 0 Å². The Morgan fingerprint density at radius 1 is 0.805 bits per heavy atom. The topological polar surface area (TPSA) is 6.48 Å². The summed E-state index contributed by atoms with van der Waals surface area (Å²) in [7, 11) is 0. The van der Waals surface area contributed by atoms with E-state index in [-0.39, 0.29) is 0 Å². The zero-order valence-electron chi connectivity index (χ0n) is 25.6. The van der Waals surface area contributed by atoms with E-state index in [1.807, 2.05) is 54.2 Å². The van der Waals surface area contributed by atoms with Gasteiger partial charge in [0.1, 0.15) is 0 Å². The van der Waals surface area contributed by atoms with E-state index in [1.54, 1.807) is 0 Å². The molecular weight excluding hydrogens is 516 g/mol. The van der Waals surface area contributed by atoms with E-state index >= 15 is 0 Å². The molecule has 0 aliphatic carbocycles. The minimum absolute atomic E-state index is 0.534. The van der Waals surface area contributed by atoms with E-state index in [0.717, 1.165) is 12.3 Å². The fraction of sp³-hybridized carbons (Fsp3) is 0.368. The van der Waals surface area contributed by atoms with Gasteiger partial charge in [0.2, 0.25) is 0 Å². The molecule has 3 aromatic carbocycles. The van der Waals surface area contributed by atoms with Crippen molar-refractivity contribution in [3.05, 3.63) is 126 Å². The zero-order chi connectivity index (χ0) is 29.9. The summed E-state index contributed by atoms with van der Waals surface area (Å²) >= 11 is 1.95. The Hall–Kier alpha value is -3.19. The first-order valence-corrected chi connectivity index (χ1v) is 16.1. The van der Waals surface area contributed by atoms with E-state index in [1.165, 1.54) is 73.3 Å². The molecular formula is C38H50N2S. The smallest absolute Gasteiger partial charge is 0.0547 e. The molecule has 0 spiro atoms. The molecule has 1 fully saturated rings. The molecule has 1 atom stereocenters. The van der Waals surface area contributed by atoms with Crippen LogP contribution < -0.4 is 0 Å². The normalized spacial score (nSPS) is 16.5. The summed E-state index contributed by atoms with van der Waals surface area (Å²) in [4.78, 5) is 5.05. The summed E-state index contributed by atoms with van der Waals surface area (Å²) in [6.07, 6.45) is 15.3. The van der Waals surface area contributed by atoms with Gasteiger partial charge in [-0.25, -0.2) is 0 Å². The minimum atomic E-state index is 0.534. The van der Waals surface area contributed by atoms with Crippen LogP contribution in [0.2, 0.25) is 0 Å². The second kappa shape index (κ2) is 19.8. The van der Waals surface area contributed by atoms with Gasteiger partial charge in [0, 0.05) is 41.9 Å². The molecule has 0 aromatic heterocycles. The highest BCUT2D eigenvalue weighted by atomic mass is 32.2. The van der Waals surface area contributed by atoms with E-state index < -0.39 is 0 Å². The van der Waals surface area contributed by atoms with Gasteiger partial charge in [0.25, 0.3) is 0 Å². The Bertz CT molecular complexity index is 1130. The molecule has 41 heavy (non-hydrogen) atoms. The third kappa shape index (κ3) is 10.6. The molecule has 3 aromatic rings. The monoisotopic (exact) mass is 566 g/mol. The van der Waals surface area contributed by atoms with Gasteiger partial charge in [-0.3, -0.25) is 4.90 Å². The van der Waals surface area contributed by atoms with Gasteiger partial charge in [-0.15, -0.1) is 31.2 Å². The molecule has 6 rings (SSSR count). The highest BCUT2D eigenvalue weighted by Crippen LogP contribution is 2.41. The minimum Gasteiger partial charge on any atom is -0.362 e. The highest BCUT2D eigenvalue weighted by Gasteiger charge is 2.35. The summed E-state index contributed by atoms with van der Waals surface area (Å²) in [5, 5.41) is 0.534. The molecule has 0 radical (unpaired) electrons. The van der Waals surface area contributed by atoms with E-state index in [4.69, 9.17) is 0 Å². The Morgan fingerprint density at radius 2 is 1.37 bits per heavy atom. The number of rotatable bonds is 6. The van der Waals surface area contributed by atoms with Crippen molar-refractivity contribution in [2.24, 2.45) is 0 Å². The number of nitrogens with zero attached hydrogens (tertiary/aromatic N) is 2. The molecule has 1 saturated heterocycles. The molecule has 0 bridgehead atoms. The largest absolute Gasteiger partial charge is 0.362 e. The third-order valence-electron chi connectivity index (χ3n) is 7.38. The average molecular weight is 567 g/mol. The first-order chi connectivity index (χ1) is 20.1. The van der Waals surface area contributed by atoms with Crippen LogP contribution >= 0.6 is 11.8 Å². The molecule has 0 N–H and O–H groups in total. The summed E-state index contributed by atoms with van der Waals surface area (Å²) in [6.45, 7) is 19.5. The number of hydrogen-bond donors (Lipinski definition) is 0.